The van der Waals surface area contributed by atoms with Crippen molar-refractivity contribution in [2.45, 2.75) is 44.0 Å². The molecule has 0 aliphatic carbocycles. The molecule has 2 aliphatic heterocycles. The Labute approximate surface area is 226 Å². The minimum Gasteiger partial charge on any atom is -0.374 e. The van der Waals surface area contributed by atoms with Crippen LogP contribution in [0.25, 0.3) is 0 Å². The predicted octanol–water partition coefficient (Wildman–Crippen LogP) is 0.835. The molecule has 0 radical (unpaired) electrons. The number of pyridine rings is 1. The van der Waals surface area contributed by atoms with E-state index in [-0.39, 0.29) is 39.3 Å². The number of hydrogen-bond acceptors (Lipinski definition) is 7. The molecule has 3 N–H and O–H groups in total. The van der Waals surface area contributed by atoms with Crippen molar-refractivity contribution in [1.82, 2.24) is 25.0 Å². The summed E-state index contributed by atoms with van der Waals surface area (Å²) < 4.78 is 19.5. The fourth-order valence-electron chi connectivity index (χ4n) is 4.79. The van der Waals surface area contributed by atoms with E-state index in [2.05, 4.69) is 10.3 Å². The van der Waals surface area contributed by atoms with Gasteiger partial charge in [0.05, 0.1) is 25.3 Å². The smallest absolute Gasteiger partial charge is 0.330 e. The predicted molar refractivity (Wildman–Crippen MR) is 138 cm³/mol. The Hall–Kier alpha value is -3.90. The van der Waals surface area contributed by atoms with Crippen LogP contribution in [-0.4, -0.2) is 93.6 Å². The molecule has 12 heteroatoms. The molecule has 3 heterocycles. The summed E-state index contributed by atoms with van der Waals surface area (Å²) in [6, 6.07) is 12.7. The van der Waals surface area contributed by atoms with Gasteiger partial charge in [0.1, 0.15) is 11.6 Å². The average molecular weight is 541 g/mol. The van der Waals surface area contributed by atoms with E-state index in [1.165, 1.54) is 23.6 Å². The van der Waals surface area contributed by atoms with Crippen LogP contribution in [0.4, 0.5) is 9.18 Å². The summed E-state index contributed by atoms with van der Waals surface area (Å²) >= 11 is 0. The highest BCUT2D eigenvalue weighted by Gasteiger charge is 2.60. The van der Waals surface area contributed by atoms with Gasteiger partial charge in [0.25, 0.3) is 5.91 Å². The van der Waals surface area contributed by atoms with Crippen LogP contribution in [0.2, 0.25) is 0 Å². The second-order valence-electron chi connectivity index (χ2n) is 10.3. The maximum atomic E-state index is 13.8. The Morgan fingerprint density at radius 1 is 1.15 bits per heavy atom. The molecule has 0 saturated carbocycles. The van der Waals surface area contributed by atoms with Gasteiger partial charge >= 0.3 is 6.03 Å². The number of aromatic nitrogens is 1. The van der Waals surface area contributed by atoms with Crippen LogP contribution < -0.4 is 11.1 Å². The quantitative estimate of drug-likeness (QED) is 0.336. The third-order valence-electron chi connectivity index (χ3n) is 6.88. The number of halogens is 1. The highest BCUT2D eigenvalue weighted by Crippen LogP contribution is 2.35. The van der Waals surface area contributed by atoms with E-state index in [1.807, 2.05) is 30.3 Å². The number of benzene rings is 1. The van der Waals surface area contributed by atoms with Crippen LogP contribution >= 0.6 is 0 Å². The maximum Gasteiger partial charge on any atom is 0.330 e. The number of nitrogens with two attached hydrogens (primary N) is 1. The van der Waals surface area contributed by atoms with Crippen molar-refractivity contribution < 1.29 is 28.3 Å². The fourth-order valence-corrected chi connectivity index (χ4v) is 4.79. The van der Waals surface area contributed by atoms with Gasteiger partial charge in [0.2, 0.25) is 11.8 Å². The van der Waals surface area contributed by atoms with E-state index in [1.54, 1.807) is 24.4 Å². The number of nitrogens with one attached hydrogen (secondary N) is 1. The largest absolute Gasteiger partial charge is 0.374 e. The van der Waals surface area contributed by atoms with Crippen molar-refractivity contribution >= 4 is 23.8 Å². The van der Waals surface area contributed by atoms with Crippen LogP contribution in [0.15, 0.2) is 54.7 Å². The first-order chi connectivity index (χ1) is 18.6. The molecule has 11 nitrogen and oxygen atoms in total. The van der Waals surface area contributed by atoms with Crippen molar-refractivity contribution in [2.24, 2.45) is 5.73 Å². The van der Waals surface area contributed by atoms with Gasteiger partial charge in [-0.1, -0.05) is 36.4 Å². The maximum absolute atomic E-state index is 13.8. The molecule has 39 heavy (non-hydrogen) atoms. The molecule has 2 atom stereocenters. The Morgan fingerprint density at radius 2 is 1.87 bits per heavy atom. The lowest BCUT2D eigenvalue weighted by Gasteiger charge is -2.45. The molecule has 5 amide bonds. The summed E-state index contributed by atoms with van der Waals surface area (Å²) in [6.45, 7) is 1.72. The molecular weight excluding hydrogens is 507 g/mol. The van der Waals surface area contributed by atoms with Gasteiger partial charge in [-0.3, -0.25) is 19.4 Å². The molecule has 2 fully saturated rings. The first-order valence-electron chi connectivity index (χ1n) is 12.7. The summed E-state index contributed by atoms with van der Waals surface area (Å²) in [5.41, 5.74) is 4.57. The molecule has 1 aromatic carbocycles. The SMILES string of the molecule is CC(C)(N)C(=O)N[C@H](COCc1ccccc1)C(=O)N1CCN2C(=O)N(CF)C(=O)[C@]2(Cc2ccccn2)C1. The number of amides is 5. The Balaban J connectivity index is 1.58. The van der Waals surface area contributed by atoms with E-state index in [4.69, 9.17) is 10.5 Å². The second kappa shape index (κ2) is 11.5. The number of piperazine rings is 1. The van der Waals surface area contributed by atoms with Gasteiger partial charge in [-0.05, 0) is 31.5 Å². The first kappa shape index (κ1) is 28.1. The van der Waals surface area contributed by atoms with E-state index in [0.29, 0.717) is 10.6 Å². The normalized spacial score (nSPS) is 20.2. The van der Waals surface area contributed by atoms with Crippen molar-refractivity contribution in [2.75, 3.05) is 33.0 Å². The molecule has 0 spiro atoms. The van der Waals surface area contributed by atoms with Crippen LogP contribution in [0, 0.1) is 0 Å². The van der Waals surface area contributed by atoms with Crippen LogP contribution in [-0.2, 0) is 32.1 Å². The van der Waals surface area contributed by atoms with Gasteiger partial charge in [0.15, 0.2) is 6.80 Å². The number of hydrogen-bond donors (Lipinski definition) is 2. The standard InChI is InChI=1S/C27H33FN6O5/c1-26(2,29)23(36)31-21(16-39-15-19-8-4-3-5-9-19)22(35)32-12-13-34-25(38)33(18-28)24(37)27(34,17-32)14-20-10-6-7-11-30-20/h3-11,21H,12-18,29H2,1-2H3,(H,31,36)/t21-,27+/m1/s1. The summed E-state index contributed by atoms with van der Waals surface area (Å²) in [6.07, 6.45) is 1.55. The number of ether oxygens (including phenoxy) is 1. The third-order valence-corrected chi connectivity index (χ3v) is 6.88. The van der Waals surface area contributed by atoms with Gasteiger partial charge in [0, 0.05) is 31.4 Å². The summed E-state index contributed by atoms with van der Waals surface area (Å²) in [7, 11) is 0. The zero-order valence-electron chi connectivity index (χ0n) is 22.0. The summed E-state index contributed by atoms with van der Waals surface area (Å²) in [4.78, 5) is 60.4. The number of fused-ring (bicyclic) bond motifs is 1. The number of urea groups is 1. The van der Waals surface area contributed by atoms with E-state index in [9.17, 15) is 23.6 Å². The van der Waals surface area contributed by atoms with Crippen LogP contribution in [0.5, 0.6) is 0 Å². The molecule has 0 unspecified atom stereocenters. The van der Waals surface area contributed by atoms with Crippen molar-refractivity contribution in [3.8, 4) is 0 Å². The van der Waals surface area contributed by atoms with Gasteiger partial charge in [-0.15, -0.1) is 0 Å². The number of alkyl halides is 1. The number of carbonyl (C=O) groups is 4. The third kappa shape index (κ3) is 5.91. The molecule has 4 rings (SSSR count). The number of rotatable bonds is 10. The highest BCUT2D eigenvalue weighted by molar-refractivity contribution is 6.08. The fraction of sp³-hybridized carbons (Fsp3) is 0.444. The zero-order chi connectivity index (χ0) is 28.2. The molecular formula is C27H33FN6O5. The first-order valence-corrected chi connectivity index (χ1v) is 12.7. The zero-order valence-corrected chi connectivity index (χ0v) is 22.0. The van der Waals surface area contributed by atoms with Gasteiger partial charge in [-0.2, -0.15) is 0 Å². The lowest BCUT2D eigenvalue weighted by molar-refractivity contribution is -0.146. The van der Waals surface area contributed by atoms with Crippen molar-refractivity contribution in [1.29, 1.82) is 0 Å². The molecule has 0 bridgehead atoms. The van der Waals surface area contributed by atoms with E-state index >= 15 is 0 Å². The summed E-state index contributed by atoms with van der Waals surface area (Å²) in [5.74, 6) is -1.79. The molecule has 208 valence electrons. The lowest BCUT2D eigenvalue weighted by atomic mass is 9.88. The number of imide groups is 1. The van der Waals surface area contributed by atoms with E-state index in [0.717, 1.165) is 5.56 Å². The molecule has 2 aliphatic rings. The monoisotopic (exact) mass is 540 g/mol. The minimum absolute atomic E-state index is 0.00391. The topological polar surface area (TPSA) is 138 Å². The van der Waals surface area contributed by atoms with Crippen molar-refractivity contribution in [3.05, 3.63) is 66.0 Å². The van der Waals surface area contributed by atoms with E-state index < -0.39 is 47.7 Å². The van der Waals surface area contributed by atoms with Crippen molar-refractivity contribution in [3.63, 3.8) is 0 Å². The highest BCUT2D eigenvalue weighted by atomic mass is 19.1. The Bertz CT molecular complexity index is 1210. The average Bonchev–Trinajstić information content (AvgIpc) is 3.13. The Kier molecular flexibility index (Phi) is 8.26. The lowest BCUT2D eigenvalue weighted by Crippen LogP contribution is -2.67. The summed E-state index contributed by atoms with van der Waals surface area (Å²) in [5, 5.41) is 2.67. The van der Waals surface area contributed by atoms with Gasteiger partial charge in [-0.25, -0.2) is 14.1 Å². The van der Waals surface area contributed by atoms with Crippen LogP contribution in [0.1, 0.15) is 25.1 Å². The van der Waals surface area contributed by atoms with Crippen LogP contribution in [0.3, 0.4) is 0 Å². The number of carbonyl (C=O) groups excluding carboxylic acids is 4. The number of nitrogens with zero attached hydrogens (tertiary/aromatic N) is 4. The molecule has 1 aromatic heterocycles. The molecule has 2 saturated heterocycles. The van der Waals surface area contributed by atoms with Gasteiger partial charge < -0.3 is 25.6 Å². The minimum atomic E-state index is -1.53. The molecule has 2 aromatic rings. The Morgan fingerprint density at radius 3 is 2.51 bits per heavy atom. The second-order valence-corrected chi connectivity index (χ2v) is 10.3.